The summed E-state index contributed by atoms with van der Waals surface area (Å²) in [4.78, 5) is 47.1. The van der Waals surface area contributed by atoms with Gasteiger partial charge in [-0.15, -0.1) is 0 Å². The van der Waals surface area contributed by atoms with Gasteiger partial charge in [-0.25, -0.2) is 11.4 Å². The summed E-state index contributed by atoms with van der Waals surface area (Å²) in [5, 5.41) is 39.4. The minimum absolute atomic E-state index is 0.0693. The quantitative estimate of drug-likeness (QED) is 0.175. The Hall–Kier alpha value is -3.16. The number of ketones is 3. The summed E-state index contributed by atoms with van der Waals surface area (Å²) in [6, 6.07) is 2.21. The summed E-state index contributed by atoms with van der Waals surface area (Å²) in [5.74, 6) is 7.18. The van der Waals surface area contributed by atoms with Crippen molar-refractivity contribution in [3.8, 4) is 6.07 Å². The van der Waals surface area contributed by atoms with Gasteiger partial charge in [-0.3, -0.25) is 14.4 Å². The van der Waals surface area contributed by atoms with Gasteiger partial charge in [0.1, 0.15) is 17.3 Å². The van der Waals surface area contributed by atoms with Crippen LogP contribution in [0.25, 0.3) is 9.69 Å². The number of nitrogens with zero attached hydrogens (tertiary/aromatic N) is 3. The van der Waals surface area contributed by atoms with Crippen molar-refractivity contribution in [1.29, 1.82) is 5.26 Å². The highest BCUT2D eigenvalue weighted by molar-refractivity contribution is 5.86. The summed E-state index contributed by atoms with van der Waals surface area (Å²) in [6.45, 7) is 28.9. The van der Waals surface area contributed by atoms with Gasteiger partial charge in [0.15, 0.2) is 6.20 Å². The Balaban J connectivity index is 0.000000124. The second-order valence-corrected chi connectivity index (χ2v) is 28.4. The lowest BCUT2D eigenvalue weighted by atomic mass is 9.44. The third kappa shape index (κ3) is 8.13. The van der Waals surface area contributed by atoms with E-state index in [1.165, 1.54) is 24.0 Å². The van der Waals surface area contributed by atoms with Crippen LogP contribution in [0, 0.1) is 134 Å². The Morgan fingerprint density at radius 1 is 0.542 bits per heavy atom. The molecule has 12 rings (SSSR count). The van der Waals surface area contributed by atoms with Gasteiger partial charge in [0.05, 0.1) is 31.0 Å². The topological polar surface area (TPSA) is 144 Å². The predicted molar refractivity (Wildman–Crippen MR) is 278 cm³/mol. The monoisotopic (exact) mass is 984 g/mol. The van der Waals surface area contributed by atoms with Crippen LogP contribution in [0.4, 0.5) is 0 Å². The van der Waals surface area contributed by atoms with E-state index < -0.39 is 0 Å². The van der Waals surface area contributed by atoms with Gasteiger partial charge in [-0.2, -0.15) is 5.26 Å². The fourth-order valence-corrected chi connectivity index (χ4v) is 22.0. The molecule has 12 fully saturated rings. The third-order valence-corrected chi connectivity index (χ3v) is 25.6. The van der Waals surface area contributed by atoms with Crippen LogP contribution in [0.1, 0.15) is 196 Å². The molecular formula is C63H89N3O6. The number of hydrogen-bond acceptors (Lipinski definition) is 7. The standard InChI is InChI=1S/C21H31NO2.2C21H29NO2/c2*1-20-9-8-15(23)10-13(20)4-6-16-17-7-5-14(12-22-3)21(17,2)11-18(24)19(16)20;1-20-9-7-15(23)11-14(20)3-5-16-17-6-4-13(8-10-22)21(17,2)12-18(24)19(16)20/h13-17,19,23H,4-12H2,1-2H3;12-13,15-17,19,23H,4-11H2,1-2H3;8,14-17,19,23H,3-7,9,11-12H2,1-2H3/b;14-12-;13-8+/t13-,14+,15+,16-,17-,19+,20-,21+;13-,15+,16-,17-,19+,20-,21+;14-,15+,16-,17-,19+,20-,21+/m000/s1. The van der Waals surface area contributed by atoms with E-state index in [0.29, 0.717) is 102 Å². The summed E-state index contributed by atoms with van der Waals surface area (Å²) < 4.78 is 0. The Labute approximate surface area is 432 Å². The van der Waals surface area contributed by atoms with Crippen LogP contribution in [0.2, 0.25) is 0 Å². The number of aliphatic hydroxyl groups is 3. The van der Waals surface area contributed by atoms with Gasteiger partial charge >= 0.3 is 0 Å². The van der Waals surface area contributed by atoms with Crippen molar-refractivity contribution in [2.24, 2.45) is 109 Å². The molecule has 9 heteroatoms. The average molecular weight is 984 g/mol. The average Bonchev–Trinajstić information content (AvgIpc) is 3.95. The zero-order valence-corrected chi connectivity index (χ0v) is 45.0. The van der Waals surface area contributed by atoms with E-state index in [1.807, 2.05) is 0 Å². The largest absolute Gasteiger partial charge is 0.393 e. The molecule has 392 valence electrons. The van der Waals surface area contributed by atoms with Crippen LogP contribution in [0.15, 0.2) is 23.4 Å². The molecule has 22 atom stereocenters. The van der Waals surface area contributed by atoms with E-state index >= 15 is 0 Å². The van der Waals surface area contributed by atoms with E-state index in [4.69, 9.17) is 18.4 Å². The highest BCUT2D eigenvalue weighted by Crippen LogP contribution is 2.70. The number of Topliss-reactive ketones (excluding diaryl/α,β-unsaturated/α-hetero) is 3. The molecule has 9 nitrogen and oxygen atoms in total. The Morgan fingerprint density at radius 3 is 1.39 bits per heavy atom. The number of hydrogen-bond donors (Lipinski definition) is 3. The number of fused-ring (bicyclic) bond motifs is 15. The molecule has 0 aliphatic heterocycles. The summed E-state index contributed by atoms with van der Waals surface area (Å²) >= 11 is 0. The van der Waals surface area contributed by atoms with Crippen molar-refractivity contribution < 1.29 is 29.7 Å². The van der Waals surface area contributed by atoms with Gasteiger partial charge in [0.25, 0.3) is 0 Å². The van der Waals surface area contributed by atoms with Gasteiger partial charge in [0, 0.05) is 49.0 Å². The van der Waals surface area contributed by atoms with Crippen LogP contribution in [-0.4, -0.2) is 57.5 Å². The lowest BCUT2D eigenvalue weighted by molar-refractivity contribution is -0.161. The summed E-state index contributed by atoms with van der Waals surface area (Å²) in [6.07, 6.45) is 26.7. The first-order chi connectivity index (χ1) is 34.2. The van der Waals surface area contributed by atoms with Gasteiger partial charge < -0.3 is 20.2 Å². The van der Waals surface area contributed by atoms with Crippen LogP contribution < -0.4 is 0 Å². The lowest BCUT2D eigenvalue weighted by Crippen LogP contribution is -2.57. The van der Waals surface area contributed by atoms with E-state index in [1.54, 1.807) is 12.3 Å². The zero-order valence-electron chi connectivity index (χ0n) is 45.0. The summed E-state index contributed by atoms with van der Waals surface area (Å²) in [7, 11) is 0. The van der Waals surface area contributed by atoms with Gasteiger partial charge in [-0.1, -0.05) is 52.7 Å². The third-order valence-electron chi connectivity index (χ3n) is 25.6. The normalized spacial score (nSPS) is 52.8. The first kappa shape index (κ1) is 52.3. The smallest absolute Gasteiger partial charge is 0.218 e. The highest BCUT2D eigenvalue weighted by Gasteiger charge is 2.66. The highest BCUT2D eigenvalue weighted by atomic mass is 16.3. The fraction of sp³-hybridized carbons (Fsp3) is 0.841. The molecule has 0 spiro atoms. The van der Waals surface area contributed by atoms with Crippen molar-refractivity contribution >= 4 is 17.3 Å². The number of carbonyl (C=O) groups excluding carboxylic acids is 3. The number of allylic oxidation sites excluding steroid dienone is 3. The minimum Gasteiger partial charge on any atom is -0.393 e. The molecule has 0 heterocycles. The Morgan fingerprint density at radius 2 is 0.958 bits per heavy atom. The fourth-order valence-electron chi connectivity index (χ4n) is 22.0. The number of rotatable bonds is 1. The van der Waals surface area contributed by atoms with Crippen molar-refractivity contribution in [1.82, 2.24) is 0 Å². The maximum atomic E-state index is 13.3. The molecule has 12 aliphatic rings. The van der Waals surface area contributed by atoms with Gasteiger partial charge in [0.2, 0.25) is 6.54 Å². The van der Waals surface area contributed by atoms with Crippen LogP contribution >= 0.6 is 0 Å². The van der Waals surface area contributed by atoms with E-state index in [9.17, 15) is 29.7 Å². The number of aliphatic hydroxyl groups excluding tert-OH is 3. The predicted octanol–water partition coefficient (Wildman–Crippen LogP) is 12.5. The number of carbonyl (C=O) groups is 3. The SMILES string of the molecule is C[C@]12CC[C@@H](O)C[C@@H]1CC[C@@H]1[C@@H]2C(=O)C[C@]2(C)/C(=C/C#N)CC[C@@H]12.[C-]#[N+]/C=C1/CC[C@H]2[C@@H]3CC[C@H]4C[C@H](O)CC[C@]4(C)[C@H]3C(=O)C[C@]12C.[C-]#[N+]C[C@H]1CC[C@H]2[C@@H]3CC[C@H]4C[C@H](O)CC[C@]4(C)[C@H]3C(=O)C[C@]12C. The zero-order chi connectivity index (χ0) is 51.3. The molecule has 0 aromatic rings. The van der Waals surface area contributed by atoms with Crippen LogP contribution in [-0.2, 0) is 14.4 Å². The first-order valence-electron chi connectivity index (χ1n) is 29.3. The van der Waals surface area contributed by atoms with Gasteiger partial charge in [-0.05, 0) is 221 Å². The number of nitriles is 1. The van der Waals surface area contributed by atoms with Crippen molar-refractivity contribution in [2.75, 3.05) is 6.54 Å². The molecule has 0 aromatic heterocycles. The second kappa shape index (κ2) is 19.1. The molecule has 0 radical (unpaired) electrons. The molecule has 3 N–H and O–H groups in total. The van der Waals surface area contributed by atoms with E-state index in [-0.39, 0.29) is 68.6 Å². The molecule has 12 saturated carbocycles. The Kier molecular flexibility index (Phi) is 13.9. The molecule has 0 bridgehead atoms. The van der Waals surface area contributed by atoms with Crippen molar-refractivity contribution in [3.63, 3.8) is 0 Å². The maximum absolute atomic E-state index is 13.3. The van der Waals surface area contributed by atoms with E-state index in [0.717, 1.165) is 122 Å². The van der Waals surface area contributed by atoms with Crippen LogP contribution in [0.5, 0.6) is 0 Å². The Bertz CT molecular complexity index is 2250. The second-order valence-electron chi connectivity index (χ2n) is 28.4. The molecule has 0 amide bonds. The molecule has 72 heavy (non-hydrogen) atoms. The molecule has 0 saturated heterocycles. The minimum atomic E-state index is -0.166. The van der Waals surface area contributed by atoms with E-state index in [2.05, 4.69) is 57.3 Å². The molecule has 0 aromatic carbocycles. The molecule has 0 unspecified atom stereocenters. The first-order valence-corrected chi connectivity index (χ1v) is 29.3. The van der Waals surface area contributed by atoms with Crippen molar-refractivity contribution in [2.45, 2.75) is 214 Å². The van der Waals surface area contributed by atoms with Crippen molar-refractivity contribution in [3.05, 3.63) is 46.3 Å². The lowest BCUT2D eigenvalue weighted by Gasteiger charge is -2.59. The molecular weight excluding hydrogens is 895 g/mol. The van der Waals surface area contributed by atoms with Crippen LogP contribution in [0.3, 0.4) is 0 Å². The summed E-state index contributed by atoms with van der Waals surface area (Å²) in [5.41, 5.74) is 2.65. The maximum Gasteiger partial charge on any atom is 0.218 e. The molecule has 12 aliphatic carbocycles.